The van der Waals surface area contributed by atoms with Crippen LogP contribution in [-0.4, -0.2) is 35.9 Å². The van der Waals surface area contributed by atoms with Crippen LogP contribution in [0.2, 0.25) is 0 Å². The molecule has 9 heteroatoms. The van der Waals surface area contributed by atoms with Gasteiger partial charge in [-0.25, -0.2) is 4.98 Å². The fourth-order valence-corrected chi connectivity index (χ4v) is 4.46. The number of fused-ring (bicyclic) bond motifs is 1. The Morgan fingerprint density at radius 2 is 2.00 bits per heavy atom. The predicted molar refractivity (Wildman–Crippen MR) is 113 cm³/mol. The van der Waals surface area contributed by atoms with Crippen molar-refractivity contribution in [3.63, 3.8) is 0 Å². The van der Waals surface area contributed by atoms with E-state index >= 15 is 0 Å². The first-order valence-electron chi connectivity index (χ1n) is 9.08. The molecule has 0 radical (unpaired) electrons. The highest BCUT2D eigenvalue weighted by molar-refractivity contribution is 7.18. The molecule has 0 spiro atoms. The van der Waals surface area contributed by atoms with Gasteiger partial charge in [0.15, 0.2) is 6.61 Å². The van der Waals surface area contributed by atoms with Crippen molar-refractivity contribution in [2.24, 2.45) is 0 Å². The van der Waals surface area contributed by atoms with Gasteiger partial charge >= 0.3 is 5.97 Å². The lowest BCUT2D eigenvalue weighted by atomic mass is 10.1. The molecule has 1 unspecified atom stereocenters. The molecule has 0 aliphatic rings. The Balaban J connectivity index is 1.40. The molecule has 0 aliphatic heterocycles. The van der Waals surface area contributed by atoms with Gasteiger partial charge in [0, 0.05) is 24.8 Å². The van der Waals surface area contributed by atoms with Crippen LogP contribution in [0.25, 0.3) is 10.2 Å². The molecule has 0 aliphatic carbocycles. The van der Waals surface area contributed by atoms with Gasteiger partial charge in [0.25, 0.3) is 5.91 Å². The van der Waals surface area contributed by atoms with Crippen molar-refractivity contribution in [1.29, 1.82) is 0 Å². The van der Waals surface area contributed by atoms with Crippen LogP contribution in [0.5, 0.6) is 0 Å². The Labute approximate surface area is 176 Å². The number of rotatable bonds is 9. The standard InChI is InChI=1S/C20H21N3O4S2/c1-13(24)22-15(16-7-4-10-28-16)11-20(26)27-12-18(25)21-9-8-19-23-14-5-2-3-6-17(14)29-19/h2-7,10,15H,8-9,11-12H2,1H3,(H,21,25)(H,22,24). The van der Waals surface area contributed by atoms with Crippen LogP contribution in [0.15, 0.2) is 41.8 Å². The first kappa shape index (κ1) is 20.9. The summed E-state index contributed by atoms with van der Waals surface area (Å²) in [4.78, 5) is 40.7. The van der Waals surface area contributed by atoms with E-state index in [1.54, 1.807) is 11.3 Å². The number of hydrogen-bond acceptors (Lipinski definition) is 7. The molecule has 2 amide bonds. The summed E-state index contributed by atoms with van der Waals surface area (Å²) in [6.07, 6.45) is 0.584. The van der Waals surface area contributed by atoms with Crippen molar-refractivity contribution >= 4 is 50.7 Å². The smallest absolute Gasteiger partial charge is 0.308 e. The predicted octanol–water partition coefficient (Wildman–Crippen LogP) is 2.83. The lowest BCUT2D eigenvalue weighted by Crippen LogP contribution is -2.32. The van der Waals surface area contributed by atoms with Gasteiger partial charge in [0.2, 0.25) is 5.91 Å². The van der Waals surface area contributed by atoms with Gasteiger partial charge < -0.3 is 15.4 Å². The van der Waals surface area contributed by atoms with E-state index in [4.69, 9.17) is 4.74 Å². The van der Waals surface area contributed by atoms with Gasteiger partial charge in [0.1, 0.15) is 0 Å². The maximum Gasteiger partial charge on any atom is 0.308 e. The number of thiophene rings is 1. The zero-order valence-corrected chi connectivity index (χ0v) is 17.5. The summed E-state index contributed by atoms with van der Waals surface area (Å²) in [6.45, 7) is 1.46. The summed E-state index contributed by atoms with van der Waals surface area (Å²) in [7, 11) is 0. The molecule has 2 aromatic heterocycles. The quantitative estimate of drug-likeness (QED) is 0.508. The highest BCUT2D eigenvalue weighted by Gasteiger charge is 2.19. The molecule has 7 nitrogen and oxygen atoms in total. The summed E-state index contributed by atoms with van der Waals surface area (Å²) < 4.78 is 6.17. The first-order chi connectivity index (χ1) is 14.0. The average Bonchev–Trinajstić information content (AvgIpc) is 3.35. The fourth-order valence-electron chi connectivity index (χ4n) is 2.72. The third-order valence-electron chi connectivity index (χ3n) is 4.00. The lowest BCUT2D eigenvalue weighted by molar-refractivity contribution is -0.149. The van der Waals surface area contributed by atoms with E-state index in [1.807, 2.05) is 41.8 Å². The van der Waals surface area contributed by atoms with Gasteiger partial charge in [-0.05, 0) is 23.6 Å². The molecule has 2 N–H and O–H groups in total. The first-order valence-corrected chi connectivity index (χ1v) is 10.8. The van der Waals surface area contributed by atoms with Crippen molar-refractivity contribution in [3.8, 4) is 0 Å². The maximum atomic E-state index is 12.1. The molecule has 152 valence electrons. The third-order valence-corrected chi connectivity index (χ3v) is 6.08. The SMILES string of the molecule is CC(=O)NC(CC(=O)OCC(=O)NCCc1nc2ccccc2s1)c1cccs1. The zero-order valence-electron chi connectivity index (χ0n) is 15.8. The third kappa shape index (κ3) is 6.37. The molecule has 0 saturated heterocycles. The summed E-state index contributed by atoms with van der Waals surface area (Å²) in [5.41, 5.74) is 0.951. The molecular weight excluding hydrogens is 410 g/mol. The number of carbonyl (C=O) groups excluding carboxylic acids is 3. The molecule has 0 saturated carbocycles. The topological polar surface area (TPSA) is 97.4 Å². The van der Waals surface area contributed by atoms with Crippen molar-refractivity contribution in [1.82, 2.24) is 15.6 Å². The van der Waals surface area contributed by atoms with Crippen LogP contribution in [0.4, 0.5) is 0 Å². The van der Waals surface area contributed by atoms with Gasteiger partial charge in [-0.2, -0.15) is 0 Å². The highest BCUT2D eigenvalue weighted by atomic mass is 32.1. The second-order valence-corrected chi connectivity index (χ2v) is 8.40. The molecule has 3 rings (SSSR count). The van der Waals surface area contributed by atoms with Gasteiger partial charge in [0.05, 0.1) is 27.7 Å². The monoisotopic (exact) mass is 431 g/mol. The largest absolute Gasteiger partial charge is 0.456 e. The Hall–Kier alpha value is -2.78. The lowest BCUT2D eigenvalue weighted by Gasteiger charge is -2.15. The van der Waals surface area contributed by atoms with Crippen LogP contribution in [0, 0.1) is 0 Å². The summed E-state index contributed by atoms with van der Waals surface area (Å²) in [5.74, 6) is -1.14. The maximum absolute atomic E-state index is 12.1. The number of thiazole rings is 1. The molecule has 0 fully saturated rings. The molecule has 3 aromatic rings. The number of nitrogens with one attached hydrogen (secondary N) is 2. The zero-order chi connectivity index (χ0) is 20.6. The second kappa shape index (κ2) is 10.1. The van der Waals surface area contributed by atoms with E-state index < -0.39 is 12.0 Å². The van der Waals surface area contributed by atoms with Crippen LogP contribution in [-0.2, 0) is 25.5 Å². The number of ether oxygens (including phenoxy) is 1. The number of para-hydroxylation sites is 1. The van der Waals surface area contributed by atoms with Crippen LogP contribution in [0.1, 0.15) is 29.3 Å². The fraction of sp³-hybridized carbons (Fsp3) is 0.300. The highest BCUT2D eigenvalue weighted by Crippen LogP contribution is 2.23. The summed E-state index contributed by atoms with van der Waals surface area (Å²) in [5, 5.41) is 8.27. The van der Waals surface area contributed by atoms with Crippen molar-refractivity contribution in [2.45, 2.75) is 25.8 Å². The minimum Gasteiger partial charge on any atom is -0.456 e. The summed E-state index contributed by atoms with van der Waals surface area (Å²) >= 11 is 3.04. The average molecular weight is 432 g/mol. The number of hydrogen-bond donors (Lipinski definition) is 2. The Morgan fingerprint density at radius 1 is 1.17 bits per heavy atom. The van der Waals surface area contributed by atoms with E-state index in [-0.39, 0.29) is 24.8 Å². The van der Waals surface area contributed by atoms with Crippen molar-refractivity contribution in [2.75, 3.05) is 13.2 Å². The second-order valence-electron chi connectivity index (χ2n) is 6.31. The van der Waals surface area contributed by atoms with E-state index in [0.29, 0.717) is 13.0 Å². The number of aromatic nitrogens is 1. The molecule has 0 bridgehead atoms. The van der Waals surface area contributed by atoms with E-state index in [9.17, 15) is 14.4 Å². The minimum atomic E-state index is -0.543. The van der Waals surface area contributed by atoms with E-state index in [0.717, 1.165) is 20.1 Å². The Bertz CT molecular complexity index is 952. The molecule has 1 atom stereocenters. The van der Waals surface area contributed by atoms with E-state index in [2.05, 4.69) is 15.6 Å². The number of carbonyl (C=O) groups is 3. The van der Waals surface area contributed by atoms with Gasteiger partial charge in [-0.15, -0.1) is 22.7 Å². The Kier molecular flexibility index (Phi) is 7.31. The van der Waals surface area contributed by atoms with Crippen molar-refractivity contribution in [3.05, 3.63) is 51.7 Å². The molecular formula is C20H21N3O4S2. The van der Waals surface area contributed by atoms with Crippen LogP contribution >= 0.6 is 22.7 Å². The van der Waals surface area contributed by atoms with Crippen LogP contribution < -0.4 is 10.6 Å². The summed E-state index contributed by atoms with van der Waals surface area (Å²) in [6, 6.07) is 11.1. The van der Waals surface area contributed by atoms with Crippen molar-refractivity contribution < 1.29 is 19.1 Å². The number of benzene rings is 1. The molecule has 2 heterocycles. The van der Waals surface area contributed by atoms with Crippen LogP contribution in [0.3, 0.4) is 0 Å². The normalized spacial score (nSPS) is 11.8. The van der Waals surface area contributed by atoms with E-state index in [1.165, 1.54) is 18.3 Å². The number of nitrogens with zero attached hydrogens (tertiary/aromatic N) is 1. The molecule has 29 heavy (non-hydrogen) atoms. The number of esters is 1. The Morgan fingerprint density at radius 3 is 2.72 bits per heavy atom. The van der Waals surface area contributed by atoms with Gasteiger partial charge in [-0.1, -0.05) is 18.2 Å². The van der Waals surface area contributed by atoms with Gasteiger partial charge in [-0.3, -0.25) is 14.4 Å². The number of amides is 2. The molecule has 1 aromatic carbocycles. The minimum absolute atomic E-state index is 0.0287.